The van der Waals surface area contributed by atoms with E-state index in [9.17, 15) is 4.79 Å². The van der Waals surface area contributed by atoms with Gasteiger partial charge in [0.25, 0.3) is 5.91 Å². The van der Waals surface area contributed by atoms with E-state index < -0.39 is 0 Å². The molecule has 0 aliphatic heterocycles. The lowest BCUT2D eigenvalue weighted by Gasteiger charge is -2.07. The molecule has 0 saturated carbocycles. The number of rotatable bonds is 2. The Bertz CT molecular complexity index is 627. The van der Waals surface area contributed by atoms with Gasteiger partial charge in [0.2, 0.25) is 5.95 Å². The van der Waals surface area contributed by atoms with Crippen molar-refractivity contribution < 1.29 is 4.79 Å². The Morgan fingerprint density at radius 3 is 2.79 bits per heavy atom. The Morgan fingerprint density at radius 2 is 2.11 bits per heavy atom. The average Bonchev–Trinajstić information content (AvgIpc) is 2.30. The van der Waals surface area contributed by atoms with Gasteiger partial charge in [-0.25, -0.2) is 9.97 Å². The predicted octanol–water partition coefficient (Wildman–Crippen LogP) is 3.04. The third kappa shape index (κ3) is 3.42. The summed E-state index contributed by atoms with van der Waals surface area (Å²) in [6, 6.07) is 6.57. The smallest absolute Gasteiger partial charge is 0.259 e. The van der Waals surface area contributed by atoms with E-state index in [0.717, 1.165) is 0 Å². The standard InChI is InChI=1S/C12H10BrClN4O/c1-6-4-10(14)17-12(16-6)18-11(19)8-5-7(15)2-3-9(8)13/h2-5H,15H2,1H3,(H,16,17,18,19). The molecule has 98 valence electrons. The molecule has 0 aliphatic carbocycles. The second-order valence-electron chi connectivity index (χ2n) is 3.85. The fourth-order valence-corrected chi connectivity index (χ4v) is 2.14. The van der Waals surface area contributed by atoms with Crippen LogP contribution in [0, 0.1) is 6.92 Å². The fraction of sp³-hybridized carbons (Fsp3) is 0.0833. The highest BCUT2D eigenvalue weighted by atomic mass is 79.9. The van der Waals surface area contributed by atoms with Gasteiger partial charge >= 0.3 is 0 Å². The van der Waals surface area contributed by atoms with E-state index >= 15 is 0 Å². The molecule has 5 nitrogen and oxygen atoms in total. The summed E-state index contributed by atoms with van der Waals surface area (Å²) < 4.78 is 0.637. The van der Waals surface area contributed by atoms with Crippen LogP contribution in [0.1, 0.15) is 16.1 Å². The summed E-state index contributed by atoms with van der Waals surface area (Å²) in [5.74, 6) is -0.204. The summed E-state index contributed by atoms with van der Waals surface area (Å²) in [7, 11) is 0. The first-order chi connectivity index (χ1) is 8.95. The number of halogens is 2. The molecule has 0 saturated heterocycles. The summed E-state index contributed by atoms with van der Waals surface area (Å²) in [6.45, 7) is 1.76. The van der Waals surface area contributed by atoms with Crippen LogP contribution in [0.2, 0.25) is 5.15 Å². The van der Waals surface area contributed by atoms with Crippen LogP contribution in [0.25, 0.3) is 0 Å². The quantitative estimate of drug-likeness (QED) is 0.650. The highest BCUT2D eigenvalue weighted by Gasteiger charge is 2.12. The van der Waals surface area contributed by atoms with Gasteiger partial charge in [-0.1, -0.05) is 11.6 Å². The van der Waals surface area contributed by atoms with Crippen LogP contribution in [0.4, 0.5) is 11.6 Å². The molecule has 0 bridgehead atoms. The van der Waals surface area contributed by atoms with Gasteiger partial charge in [-0.05, 0) is 47.1 Å². The fourth-order valence-electron chi connectivity index (χ4n) is 1.47. The maximum Gasteiger partial charge on any atom is 0.259 e. The first-order valence-corrected chi connectivity index (χ1v) is 6.50. The van der Waals surface area contributed by atoms with E-state index in [1.165, 1.54) is 0 Å². The number of nitrogens with one attached hydrogen (secondary N) is 1. The number of benzene rings is 1. The lowest BCUT2D eigenvalue weighted by atomic mass is 10.2. The van der Waals surface area contributed by atoms with Crippen molar-refractivity contribution in [1.29, 1.82) is 0 Å². The maximum atomic E-state index is 12.1. The lowest BCUT2D eigenvalue weighted by molar-refractivity contribution is 0.102. The van der Waals surface area contributed by atoms with Crippen LogP contribution in [0.15, 0.2) is 28.7 Å². The van der Waals surface area contributed by atoms with E-state index in [1.54, 1.807) is 31.2 Å². The minimum atomic E-state index is -0.360. The number of amides is 1. The Hall–Kier alpha value is -1.66. The van der Waals surface area contributed by atoms with Gasteiger partial charge in [0.1, 0.15) is 5.15 Å². The normalized spacial score (nSPS) is 10.3. The molecule has 1 aromatic heterocycles. The topological polar surface area (TPSA) is 80.9 Å². The molecule has 2 rings (SSSR count). The van der Waals surface area contributed by atoms with Crippen molar-refractivity contribution in [2.75, 3.05) is 11.1 Å². The van der Waals surface area contributed by atoms with Gasteiger partial charge in [0.15, 0.2) is 0 Å². The van der Waals surface area contributed by atoms with Crippen LogP contribution in [0.3, 0.4) is 0 Å². The molecule has 0 spiro atoms. The Morgan fingerprint density at radius 1 is 1.37 bits per heavy atom. The molecule has 0 atom stereocenters. The number of carbonyl (C=O) groups excluding carboxylic acids is 1. The first-order valence-electron chi connectivity index (χ1n) is 5.33. The summed E-state index contributed by atoms with van der Waals surface area (Å²) in [5.41, 5.74) is 7.22. The molecule has 0 aliphatic rings. The van der Waals surface area contributed by atoms with Gasteiger partial charge in [-0.3, -0.25) is 10.1 Å². The van der Waals surface area contributed by atoms with Crippen LogP contribution < -0.4 is 11.1 Å². The number of hydrogen-bond donors (Lipinski definition) is 2. The number of nitrogens with two attached hydrogens (primary N) is 1. The van der Waals surface area contributed by atoms with Gasteiger partial charge < -0.3 is 5.73 Å². The number of hydrogen-bond acceptors (Lipinski definition) is 4. The molecule has 19 heavy (non-hydrogen) atoms. The number of nitrogens with zero attached hydrogens (tertiary/aromatic N) is 2. The van der Waals surface area contributed by atoms with Gasteiger partial charge in [0, 0.05) is 15.9 Å². The first kappa shape index (κ1) is 13.8. The summed E-state index contributed by atoms with van der Waals surface area (Å²) in [6.07, 6.45) is 0. The van der Waals surface area contributed by atoms with E-state index in [4.69, 9.17) is 17.3 Å². The molecule has 3 N–H and O–H groups in total. The van der Waals surface area contributed by atoms with Crippen molar-refractivity contribution in [2.45, 2.75) is 6.92 Å². The third-order valence-electron chi connectivity index (χ3n) is 2.28. The molecular weight excluding hydrogens is 332 g/mol. The van der Waals surface area contributed by atoms with Gasteiger partial charge in [0.05, 0.1) is 5.56 Å². The molecule has 1 amide bonds. The second-order valence-corrected chi connectivity index (χ2v) is 5.09. The van der Waals surface area contributed by atoms with E-state index in [0.29, 0.717) is 21.4 Å². The largest absolute Gasteiger partial charge is 0.399 e. The van der Waals surface area contributed by atoms with E-state index in [2.05, 4.69) is 31.2 Å². The minimum Gasteiger partial charge on any atom is -0.399 e. The number of carbonyl (C=O) groups is 1. The van der Waals surface area contributed by atoms with Crippen molar-refractivity contribution >= 4 is 45.1 Å². The zero-order chi connectivity index (χ0) is 14.0. The molecule has 2 aromatic rings. The van der Waals surface area contributed by atoms with Crippen molar-refractivity contribution in [2.24, 2.45) is 0 Å². The zero-order valence-electron chi connectivity index (χ0n) is 9.95. The summed E-state index contributed by atoms with van der Waals surface area (Å²) in [4.78, 5) is 20.1. The van der Waals surface area contributed by atoms with Crippen molar-refractivity contribution in [1.82, 2.24) is 9.97 Å². The highest BCUT2D eigenvalue weighted by Crippen LogP contribution is 2.20. The summed E-state index contributed by atoms with van der Waals surface area (Å²) in [5, 5.41) is 2.85. The molecule has 7 heteroatoms. The molecule has 0 radical (unpaired) electrons. The van der Waals surface area contributed by atoms with Crippen LogP contribution in [-0.2, 0) is 0 Å². The number of nitrogen functional groups attached to an aromatic ring is 1. The molecule has 0 fully saturated rings. The van der Waals surface area contributed by atoms with E-state index in [-0.39, 0.29) is 17.0 Å². The monoisotopic (exact) mass is 340 g/mol. The average molecular weight is 342 g/mol. The molecular formula is C12H10BrClN4O. The van der Waals surface area contributed by atoms with E-state index in [1.807, 2.05) is 0 Å². The molecule has 0 unspecified atom stereocenters. The Balaban J connectivity index is 2.28. The minimum absolute atomic E-state index is 0.157. The maximum absolute atomic E-state index is 12.1. The third-order valence-corrected chi connectivity index (χ3v) is 3.17. The zero-order valence-corrected chi connectivity index (χ0v) is 12.3. The second kappa shape index (κ2) is 5.54. The number of aromatic nitrogens is 2. The Labute approximate surface area is 123 Å². The van der Waals surface area contributed by atoms with Crippen LogP contribution >= 0.6 is 27.5 Å². The predicted molar refractivity (Wildman–Crippen MR) is 78.3 cm³/mol. The van der Waals surface area contributed by atoms with Crippen LogP contribution in [0.5, 0.6) is 0 Å². The highest BCUT2D eigenvalue weighted by molar-refractivity contribution is 9.10. The number of aryl methyl sites for hydroxylation is 1. The molecule has 1 heterocycles. The SMILES string of the molecule is Cc1cc(Cl)nc(NC(=O)c2cc(N)ccc2Br)n1. The number of anilines is 2. The van der Waals surface area contributed by atoms with Crippen molar-refractivity contribution in [3.8, 4) is 0 Å². The molecule has 1 aromatic carbocycles. The van der Waals surface area contributed by atoms with Crippen molar-refractivity contribution in [3.63, 3.8) is 0 Å². The lowest BCUT2D eigenvalue weighted by Crippen LogP contribution is -2.15. The summed E-state index contributed by atoms with van der Waals surface area (Å²) >= 11 is 9.09. The van der Waals surface area contributed by atoms with Gasteiger partial charge in [-0.15, -0.1) is 0 Å². The Kier molecular flexibility index (Phi) is 4.01. The van der Waals surface area contributed by atoms with Crippen molar-refractivity contribution in [3.05, 3.63) is 45.1 Å². The van der Waals surface area contributed by atoms with Gasteiger partial charge in [-0.2, -0.15) is 0 Å². The van der Waals surface area contributed by atoms with Crippen LogP contribution in [-0.4, -0.2) is 15.9 Å².